The minimum atomic E-state index is -0.312. The van der Waals surface area contributed by atoms with Gasteiger partial charge in [0.15, 0.2) is 0 Å². The Labute approximate surface area is 121 Å². The number of likely N-dealkylation sites (tertiary alicyclic amines) is 1. The molecule has 1 heterocycles. The quantitative estimate of drug-likeness (QED) is 0.215. The van der Waals surface area contributed by atoms with E-state index in [1.54, 1.807) is 0 Å². The summed E-state index contributed by atoms with van der Waals surface area (Å²) in [6.07, 6.45) is 5.18. The maximum atomic E-state index is 11.9. The lowest BCUT2D eigenvalue weighted by Crippen LogP contribution is -2.41. The molecule has 0 atom stereocenters. The van der Waals surface area contributed by atoms with Crippen LogP contribution in [0.4, 0.5) is 0 Å². The number of amides is 1. The van der Waals surface area contributed by atoms with Gasteiger partial charge < -0.3 is 21.2 Å². The number of nitrogens with one attached hydrogen (secondary N) is 1. The Morgan fingerprint density at radius 2 is 2.00 bits per heavy atom. The van der Waals surface area contributed by atoms with Gasteiger partial charge in [-0.1, -0.05) is 19.0 Å². The Bertz CT molecular complexity index is 336. The summed E-state index contributed by atoms with van der Waals surface area (Å²) in [5.41, 5.74) is 5.32. The third-order valence-electron chi connectivity index (χ3n) is 3.94. The van der Waals surface area contributed by atoms with Crippen LogP contribution in [0.1, 0.15) is 46.0 Å². The zero-order valence-electron chi connectivity index (χ0n) is 12.7. The fourth-order valence-electron chi connectivity index (χ4n) is 2.37. The molecule has 0 radical (unpaired) electrons. The number of carbonyl (C=O) groups is 1. The van der Waals surface area contributed by atoms with Crippen LogP contribution in [-0.2, 0) is 4.79 Å². The van der Waals surface area contributed by atoms with E-state index in [0.717, 1.165) is 45.3 Å². The van der Waals surface area contributed by atoms with Gasteiger partial charge >= 0.3 is 0 Å². The van der Waals surface area contributed by atoms with Gasteiger partial charge in [-0.05, 0) is 38.6 Å². The highest BCUT2D eigenvalue weighted by Crippen LogP contribution is 2.21. The van der Waals surface area contributed by atoms with Gasteiger partial charge in [0.25, 0.3) is 0 Å². The molecule has 0 bridgehead atoms. The molecular weight excluding hydrogens is 256 g/mol. The van der Waals surface area contributed by atoms with E-state index in [2.05, 4.69) is 10.5 Å². The SMILES string of the molecule is CC(C)(CCCNCC(=O)N1CCCCC1)C(N)=NO. The molecule has 20 heavy (non-hydrogen) atoms. The first-order chi connectivity index (χ1) is 9.47. The Kier molecular flexibility index (Phi) is 6.78. The van der Waals surface area contributed by atoms with Gasteiger partial charge in [-0.15, -0.1) is 0 Å². The molecule has 116 valence electrons. The van der Waals surface area contributed by atoms with Crippen molar-refractivity contribution in [3.63, 3.8) is 0 Å². The largest absolute Gasteiger partial charge is 0.409 e. The first-order valence-electron chi connectivity index (χ1n) is 7.44. The molecule has 0 aromatic carbocycles. The molecule has 1 fully saturated rings. The average Bonchev–Trinajstić information content (AvgIpc) is 2.46. The van der Waals surface area contributed by atoms with Crippen molar-refractivity contribution < 1.29 is 10.0 Å². The fraction of sp³-hybridized carbons (Fsp3) is 0.857. The van der Waals surface area contributed by atoms with Crippen LogP contribution in [0.15, 0.2) is 5.16 Å². The van der Waals surface area contributed by atoms with Gasteiger partial charge in [-0.3, -0.25) is 4.79 Å². The predicted molar refractivity (Wildman–Crippen MR) is 79.7 cm³/mol. The molecule has 0 unspecified atom stereocenters. The van der Waals surface area contributed by atoms with Gasteiger partial charge in [-0.2, -0.15) is 0 Å². The van der Waals surface area contributed by atoms with E-state index >= 15 is 0 Å². The lowest BCUT2D eigenvalue weighted by molar-refractivity contribution is -0.131. The van der Waals surface area contributed by atoms with E-state index in [9.17, 15) is 4.79 Å². The topological polar surface area (TPSA) is 91.0 Å². The van der Waals surface area contributed by atoms with Crippen LogP contribution in [0.5, 0.6) is 0 Å². The molecule has 6 heteroatoms. The maximum absolute atomic E-state index is 11.9. The normalized spacial score (nSPS) is 17.3. The molecule has 0 spiro atoms. The Morgan fingerprint density at radius 1 is 1.35 bits per heavy atom. The van der Waals surface area contributed by atoms with Gasteiger partial charge in [0, 0.05) is 18.5 Å². The van der Waals surface area contributed by atoms with E-state index in [1.165, 1.54) is 6.42 Å². The van der Waals surface area contributed by atoms with Gasteiger partial charge in [0.05, 0.1) is 6.54 Å². The number of carbonyl (C=O) groups excluding carboxylic acids is 1. The van der Waals surface area contributed by atoms with Crippen molar-refractivity contribution in [1.82, 2.24) is 10.2 Å². The van der Waals surface area contributed by atoms with E-state index in [1.807, 2.05) is 18.7 Å². The lowest BCUT2D eigenvalue weighted by Gasteiger charge is -2.27. The molecular formula is C14H28N4O2. The zero-order chi connectivity index (χ0) is 15.0. The molecule has 4 N–H and O–H groups in total. The van der Waals surface area contributed by atoms with Crippen molar-refractivity contribution in [2.24, 2.45) is 16.3 Å². The molecule has 1 rings (SSSR count). The molecule has 0 aliphatic carbocycles. The minimum Gasteiger partial charge on any atom is -0.409 e. The molecule has 0 aromatic rings. The highest BCUT2D eigenvalue weighted by Gasteiger charge is 2.22. The standard InChI is InChI=1S/C14H28N4O2/c1-14(2,13(15)17-20)7-6-8-16-11-12(19)18-9-4-3-5-10-18/h16,20H,3-11H2,1-2H3,(H2,15,17). The van der Waals surface area contributed by atoms with Crippen molar-refractivity contribution in [2.75, 3.05) is 26.2 Å². The first-order valence-corrected chi connectivity index (χ1v) is 7.44. The van der Waals surface area contributed by atoms with Gasteiger partial charge in [0.2, 0.25) is 5.91 Å². The van der Waals surface area contributed by atoms with Crippen LogP contribution in [0, 0.1) is 5.41 Å². The first kappa shape index (κ1) is 16.8. The summed E-state index contributed by atoms with van der Waals surface area (Å²) in [5.74, 6) is 0.447. The third kappa shape index (κ3) is 5.36. The smallest absolute Gasteiger partial charge is 0.236 e. The number of piperidine rings is 1. The number of rotatable bonds is 7. The molecule has 0 saturated carbocycles. The lowest BCUT2D eigenvalue weighted by atomic mass is 9.86. The van der Waals surface area contributed by atoms with Crippen LogP contribution in [0.25, 0.3) is 0 Å². The van der Waals surface area contributed by atoms with E-state index in [0.29, 0.717) is 6.54 Å². The molecule has 1 aliphatic heterocycles. The Balaban J connectivity index is 2.14. The Hall–Kier alpha value is -1.30. The average molecular weight is 284 g/mol. The molecule has 0 aromatic heterocycles. The van der Waals surface area contributed by atoms with Crippen LogP contribution >= 0.6 is 0 Å². The number of nitrogens with zero attached hydrogens (tertiary/aromatic N) is 2. The summed E-state index contributed by atoms with van der Waals surface area (Å²) in [5, 5.41) is 14.9. The molecule has 6 nitrogen and oxygen atoms in total. The molecule has 1 saturated heterocycles. The highest BCUT2D eigenvalue weighted by molar-refractivity contribution is 5.85. The summed E-state index contributed by atoms with van der Waals surface area (Å²) in [7, 11) is 0. The summed E-state index contributed by atoms with van der Waals surface area (Å²) < 4.78 is 0. The summed E-state index contributed by atoms with van der Waals surface area (Å²) in [6.45, 7) is 6.86. The number of hydrogen-bond donors (Lipinski definition) is 3. The third-order valence-corrected chi connectivity index (χ3v) is 3.94. The van der Waals surface area contributed by atoms with Crippen LogP contribution < -0.4 is 11.1 Å². The van der Waals surface area contributed by atoms with Crippen molar-refractivity contribution in [3.05, 3.63) is 0 Å². The summed E-state index contributed by atoms with van der Waals surface area (Å²) >= 11 is 0. The number of amidine groups is 1. The van der Waals surface area contributed by atoms with Crippen molar-refractivity contribution in [2.45, 2.75) is 46.0 Å². The van der Waals surface area contributed by atoms with Crippen LogP contribution in [0.3, 0.4) is 0 Å². The maximum Gasteiger partial charge on any atom is 0.236 e. The second-order valence-electron chi connectivity index (χ2n) is 6.09. The van der Waals surface area contributed by atoms with Crippen LogP contribution in [0.2, 0.25) is 0 Å². The highest BCUT2D eigenvalue weighted by atomic mass is 16.4. The molecule has 1 aliphatic rings. The zero-order valence-corrected chi connectivity index (χ0v) is 12.7. The van der Waals surface area contributed by atoms with Crippen LogP contribution in [-0.4, -0.2) is 48.0 Å². The monoisotopic (exact) mass is 284 g/mol. The summed E-state index contributed by atoms with van der Waals surface area (Å²) in [4.78, 5) is 13.8. The fourth-order valence-corrected chi connectivity index (χ4v) is 2.37. The van der Waals surface area contributed by atoms with Gasteiger partial charge in [0.1, 0.15) is 5.84 Å². The van der Waals surface area contributed by atoms with Crippen molar-refractivity contribution in [1.29, 1.82) is 0 Å². The van der Waals surface area contributed by atoms with E-state index < -0.39 is 0 Å². The minimum absolute atomic E-state index is 0.195. The van der Waals surface area contributed by atoms with E-state index in [4.69, 9.17) is 10.9 Å². The second kappa shape index (κ2) is 8.09. The van der Waals surface area contributed by atoms with Gasteiger partial charge in [-0.25, -0.2) is 0 Å². The number of oxime groups is 1. The molecule has 1 amide bonds. The number of nitrogens with two attached hydrogens (primary N) is 1. The van der Waals surface area contributed by atoms with Crippen molar-refractivity contribution >= 4 is 11.7 Å². The van der Waals surface area contributed by atoms with E-state index in [-0.39, 0.29) is 17.2 Å². The second-order valence-corrected chi connectivity index (χ2v) is 6.09. The summed E-state index contributed by atoms with van der Waals surface area (Å²) in [6, 6.07) is 0. The predicted octanol–water partition coefficient (Wildman–Crippen LogP) is 1.14. The van der Waals surface area contributed by atoms with Crippen molar-refractivity contribution in [3.8, 4) is 0 Å². The Morgan fingerprint density at radius 3 is 2.60 bits per heavy atom. The number of hydrogen-bond acceptors (Lipinski definition) is 4.